The number of hydrogen-bond acceptors (Lipinski definition) is 4. The van der Waals surface area contributed by atoms with Gasteiger partial charge in [0.1, 0.15) is 4.90 Å². The van der Waals surface area contributed by atoms with Gasteiger partial charge in [0.2, 0.25) is 0 Å². The molecule has 0 fully saturated rings. The molecule has 8 heteroatoms. The third-order valence-electron chi connectivity index (χ3n) is 1.93. The maximum absolute atomic E-state index is 13.6. The fourth-order valence-corrected chi connectivity index (χ4v) is 2.61. The molecule has 5 nitrogen and oxygen atoms in total. The van der Waals surface area contributed by atoms with E-state index in [9.17, 15) is 17.6 Å². The highest BCUT2D eigenvalue weighted by Crippen LogP contribution is 2.24. The lowest BCUT2D eigenvalue weighted by Crippen LogP contribution is -2.14. The van der Waals surface area contributed by atoms with Gasteiger partial charge in [-0.3, -0.25) is 0 Å². The molecule has 1 aromatic carbocycles. The summed E-state index contributed by atoms with van der Waals surface area (Å²) >= 11 is 5.52. The van der Waals surface area contributed by atoms with Crippen LogP contribution in [0.15, 0.2) is 17.0 Å². The van der Waals surface area contributed by atoms with Crippen molar-refractivity contribution in [3.05, 3.63) is 28.5 Å². The van der Waals surface area contributed by atoms with Crippen LogP contribution in [-0.2, 0) is 9.84 Å². The van der Waals surface area contributed by atoms with Gasteiger partial charge in [-0.15, -0.1) is 0 Å². The Morgan fingerprint density at radius 1 is 1.41 bits per heavy atom. The highest BCUT2D eigenvalue weighted by atomic mass is 35.5. The Balaban J connectivity index is 3.50. The first-order chi connectivity index (χ1) is 7.79. The summed E-state index contributed by atoms with van der Waals surface area (Å²) in [4.78, 5) is 9.85. The van der Waals surface area contributed by atoms with Gasteiger partial charge in [0.15, 0.2) is 15.7 Å². The lowest BCUT2D eigenvalue weighted by atomic mass is 10.2. The van der Waals surface area contributed by atoms with Gasteiger partial charge in [-0.2, -0.15) is 0 Å². The predicted molar refractivity (Wildman–Crippen MR) is 57.5 cm³/mol. The van der Waals surface area contributed by atoms with E-state index in [4.69, 9.17) is 21.8 Å². The average Bonchev–Trinajstić information content (AvgIpc) is 2.20. The number of aliphatic hydroxyl groups excluding tert-OH is 1. The zero-order valence-electron chi connectivity index (χ0n) is 8.35. The Kier molecular flexibility index (Phi) is 4.07. The van der Waals surface area contributed by atoms with E-state index in [1.54, 1.807) is 0 Å². The number of carboxylic acids is 1. The highest BCUT2D eigenvalue weighted by Gasteiger charge is 2.24. The predicted octanol–water partition coefficient (Wildman–Crippen LogP) is 0.943. The van der Waals surface area contributed by atoms with Gasteiger partial charge in [0.25, 0.3) is 0 Å². The van der Waals surface area contributed by atoms with Crippen molar-refractivity contribution < 1.29 is 27.8 Å². The van der Waals surface area contributed by atoms with Crippen LogP contribution in [0.1, 0.15) is 10.4 Å². The smallest absolute Gasteiger partial charge is 0.338 e. The number of aromatic carboxylic acids is 1. The summed E-state index contributed by atoms with van der Waals surface area (Å²) in [6.45, 7) is -0.698. The summed E-state index contributed by atoms with van der Waals surface area (Å²) in [6, 6.07) is 1.63. The normalized spacial score (nSPS) is 11.5. The first kappa shape index (κ1) is 13.9. The van der Waals surface area contributed by atoms with Gasteiger partial charge in [0, 0.05) is 5.02 Å². The highest BCUT2D eigenvalue weighted by molar-refractivity contribution is 7.91. The maximum atomic E-state index is 13.6. The third-order valence-corrected chi connectivity index (χ3v) is 3.83. The van der Waals surface area contributed by atoms with Crippen molar-refractivity contribution in [1.82, 2.24) is 0 Å². The number of aliphatic hydroxyl groups is 1. The summed E-state index contributed by atoms with van der Waals surface area (Å²) in [5.41, 5.74) is -0.825. The van der Waals surface area contributed by atoms with E-state index in [1.165, 1.54) is 0 Å². The van der Waals surface area contributed by atoms with E-state index < -0.39 is 44.4 Å². The number of benzene rings is 1. The number of hydrogen-bond donors (Lipinski definition) is 2. The van der Waals surface area contributed by atoms with E-state index in [2.05, 4.69) is 0 Å². The first-order valence-electron chi connectivity index (χ1n) is 4.35. The average molecular weight is 283 g/mol. The van der Waals surface area contributed by atoms with Crippen LogP contribution in [0.5, 0.6) is 0 Å². The molecule has 0 aromatic heterocycles. The van der Waals surface area contributed by atoms with Crippen LogP contribution >= 0.6 is 11.6 Å². The Morgan fingerprint density at radius 2 is 2.00 bits per heavy atom. The second-order valence-corrected chi connectivity index (χ2v) is 5.63. The van der Waals surface area contributed by atoms with Crippen LogP contribution in [0.2, 0.25) is 5.02 Å². The fraction of sp³-hybridized carbons (Fsp3) is 0.222. The molecule has 1 aromatic rings. The number of rotatable bonds is 4. The lowest BCUT2D eigenvalue weighted by Gasteiger charge is -2.07. The molecule has 0 spiro atoms. The van der Waals surface area contributed by atoms with Crippen molar-refractivity contribution in [3.63, 3.8) is 0 Å². The van der Waals surface area contributed by atoms with Crippen LogP contribution < -0.4 is 0 Å². The molecule has 0 heterocycles. The minimum absolute atomic E-state index is 0.208. The van der Waals surface area contributed by atoms with Gasteiger partial charge in [0.05, 0.1) is 17.9 Å². The molecule has 0 saturated heterocycles. The molecule has 0 radical (unpaired) electrons. The van der Waals surface area contributed by atoms with Crippen LogP contribution in [0.4, 0.5) is 4.39 Å². The van der Waals surface area contributed by atoms with Crippen molar-refractivity contribution in [2.24, 2.45) is 0 Å². The van der Waals surface area contributed by atoms with E-state index >= 15 is 0 Å². The van der Waals surface area contributed by atoms with Crippen LogP contribution in [0.25, 0.3) is 0 Å². The topological polar surface area (TPSA) is 91.7 Å². The third kappa shape index (κ3) is 2.93. The molecule has 17 heavy (non-hydrogen) atoms. The number of carbonyl (C=O) groups is 1. The van der Waals surface area contributed by atoms with Crippen LogP contribution in [-0.4, -0.2) is 37.0 Å². The monoisotopic (exact) mass is 282 g/mol. The molecule has 1 rings (SSSR count). The van der Waals surface area contributed by atoms with Crippen LogP contribution in [0.3, 0.4) is 0 Å². The van der Waals surface area contributed by atoms with E-state index in [-0.39, 0.29) is 5.02 Å². The molecule has 0 aliphatic rings. The number of halogens is 2. The fourth-order valence-electron chi connectivity index (χ4n) is 1.18. The zero-order valence-corrected chi connectivity index (χ0v) is 9.92. The minimum atomic E-state index is -4.09. The summed E-state index contributed by atoms with van der Waals surface area (Å²) < 4.78 is 36.7. The lowest BCUT2D eigenvalue weighted by molar-refractivity contribution is 0.0691. The second kappa shape index (κ2) is 4.99. The Hall–Kier alpha value is -1.18. The maximum Gasteiger partial charge on any atom is 0.338 e. The second-order valence-electron chi connectivity index (χ2n) is 3.11. The molecule has 0 atom stereocenters. The molecule has 0 amide bonds. The Labute approximate surface area is 101 Å². The van der Waals surface area contributed by atoms with Gasteiger partial charge in [-0.05, 0) is 12.1 Å². The van der Waals surface area contributed by atoms with Gasteiger partial charge in [-0.25, -0.2) is 17.6 Å². The van der Waals surface area contributed by atoms with Gasteiger partial charge >= 0.3 is 5.97 Å². The van der Waals surface area contributed by atoms with E-state index in [0.717, 1.165) is 12.1 Å². The van der Waals surface area contributed by atoms with Crippen molar-refractivity contribution in [2.45, 2.75) is 4.90 Å². The van der Waals surface area contributed by atoms with Crippen LogP contribution in [0, 0.1) is 5.82 Å². The van der Waals surface area contributed by atoms with E-state index in [1.807, 2.05) is 0 Å². The largest absolute Gasteiger partial charge is 0.478 e. The standard InChI is InChI=1S/C9H8ClFO5S/c10-5-3-6(9(13)14)8(11)7(4-5)17(15,16)2-1-12/h3-4,12H,1-2H2,(H,13,14). The van der Waals surface area contributed by atoms with Crippen molar-refractivity contribution >= 4 is 27.4 Å². The Bertz CT molecular complexity index is 555. The summed E-state index contributed by atoms with van der Waals surface area (Å²) in [5.74, 6) is -3.70. The number of sulfone groups is 1. The minimum Gasteiger partial charge on any atom is -0.478 e. The van der Waals surface area contributed by atoms with Gasteiger partial charge in [-0.1, -0.05) is 11.6 Å². The molecule has 2 N–H and O–H groups in total. The van der Waals surface area contributed by atoms with Crippen molar-refractivity contribution in [1.29, 1.82) is 0 Å². The quantitative estimate of drug-likeness (QED) is 0.857. The first-order valence-corrected chi connectivity index (χ1v) is 6.38. The van der Waals surface area contributed by atoms with Crippen molar-refractivity contribution in [2.75, 3.05) is 12.4 Å². The summed E-state index contributed by atoms with van der Waals surface area (Å²) in [6.07, 6.45) is 0. The molecular weight excluding hydrogens is 275 g/mol. The Morgan fingerprint density at radius 3 is 2.47 bits per heavy atom. The number of carboxylic acid groups (broad SMARTS) is 1. The summed E-state index contributed by atoms with van der Waals surface area (Å²) in [5, 5.41) is 17.0. The molecule has 0 saturated carbocycles. The molecule has 0 unspecified atom stereocenters. The SMILES string of the molecule is O=C(O)c1cc(Cl)cc(S(=O)(=O)CCO)c1F. The molecular formula is C9H8ClFO5S. The molecule has 0 bridgehead atoms. The molecule has 0 aliphatic carbocycles. The van der Waals surface area contributed by atoms with Crippen molar-refractivity contribution in [3.8, 4) is 0 Å². The van der Waals surface area contributed by atoms with Gasteiger partial charge < -0.3 is 10.2 Å². The zero-order chi connectivity index (χ0) is 13.2. The van der Waals surface area contributed by atoms with E-state index in [0.29, 0.717) is 0 Å². The molecule has 0 aliphatic heterocycles. The molecule has 94 valence electrons. The summed E-state index contributed by atoms with van der Waals surface area (Å²) in [7, 11) is -4.09.